The molecular formula is C23H17BrO4. The van der Waals surface area contributed by atoms with Crippen LogP contribution in [0, 0.1) is 0 Å². The van der Waals surface area contributed by atoms with E-state index >= 15 is 0 Å². The fraction of sp³-hybridized carbons (Fsp3) is 0.0870. The van der Waals surface area contributed by atoms with Crippen molar-refractivity contribution in [3.63, 3.8) is 0 Å². The van der Waals surface area contributed by atoms with Gasteiger partial charge in [-0.3, -0.25) is 4.79 Å². The molecule has 5 heteroatoms. The van der Waals surface area contributed by atoms with Crippen LogP contribution in [0.3, 0.4) is 0 Å². The predicted molar refractivity (Wildman–Crippen MR) is 111 cm³/mol. The minimum Gasteiger partial charge on any atom is -0.497 e. The molecule has 4 nitrogen and oxygen atoms in total. The maximum absolute atomic E-state index is 12.9. The summed E-state index contributed by atoms with van der Waals surface area (Å²) in [5.74, 6) is 1.28. The average Bonchev–Trinajstić information content (AvgIpc) is 3.16. The molecule has 0 N–H and O–H groups in total. The van der Waals surface area contributed by atoms with Crippen LogP contribution in [-0.4, -0.2) is 12.9 Å². The number of hydrogen-bond donors (Lipinski definition) is 0. The Balaban J connectivity index is 1.58. The predicted octanol–water partition coefficient (Wildman–Crippen LogP) is 6.01. The van der Waals surface area contributed by atoms with Gasteiger partial charge in [0.05, 0.1) is 12.7 Å². The lowest BCUT2D eigenvalue weighted by Crippen LogP contribution is -2.00. The van der Waals surface area contributed by atoms with Gasteiger partial charge in [-0.05, 0) is 60.2 Å². The first-order chi connectivity index (χ1) is 13.6. The second-order valence-corrected chi connectivity index (χ2v) is 7.20. The van der Waals surface area contributed by atoms with Crippen molar-refractivity contribution in [2.24, 2.45) is 0 Å². The molecule has 0 saturated heterocycles. The van der Waals surface area contributed by atoms with E-state index in [2.05, 4.69) is 15.9 Å². The van der Waals surface area contributed by atoms with E-state index in [4.69, 9.17) is 13.9 Å². The summed E-state index contributed by atoms with van der Waals surface area (Å²) in [6.07, 6.45) is 1.50. The van der Waals surface area contributed by atoms with Crippen LogP contribution in [0.4, 0.5) is 0 Å². The Labute approximate surface area is 170 Å². The molecule has 0 aliphatic heterocycles. The summed E-state index contributed by atoms with van der Waals surface area (Å²) in [5.41, 5.74) is 2.79. The number of rotatable bonds is 6. The van der Waals surface area contributed by atoms with E-state index in [1.54, 1.807) is 31.4 Å². The summed E-state index contributed by atoms with van der Waals surface area (Å²) in [6, 6.07) is 20.5. The number of benzene rings is 3. The Morgan fingerprint density at radius 3 is 2.39 bits per heavy atom. The lowest BCUT2D eigenvalue weighted by atomic mass is 10.0. The molecule has 0 radical (unpaired) electrons. The van der Waals surface area contributed by atoms with E-state index < -0.39 is 0 Å². The fourth-order valence-electron chi connectivity index (χ4n) is 2.92. The molecule has 4 rings (SSSR count). The molecule has 0 amide bonds. The molecule has 0 atom stereocenters. The topological polar surface area (TPSA) is 48.7 Å². The molecule has 0 fully saturated rings. The van der Waals surface area contributed by atoms with E-state index in [-0.39, 0.29) is 5.78 Å². The van der Waals surface area contributed by atoms with Gasteiger partial charge >= 0.3 is 0 Å². The van der Waals surface area contributed by atoms with Crippen molar-refractivity contribution in [3.05, 3.63) is 94.2 Å². The summed E-state index contributed by atoms with van der Waals surface area (Å²) in [6.45, 7) is 0.443. The third-order valence-corrected chi connectivity index (χ3v) is 4.99. The highest BCUT2D eigenvalue weighted by molar-refractivity contribution is 9.10. The maximum Gasteiger partial charge on any atom is 0.196 e. The van der Waals surface area contributed by atoms with Gasteiger partial charge in [-0.25, -0.2) is 0 Å². The zero-order valence-electron chi connectivity index (χ0n) is 15.1. The van der Waals surface area contributed by atoms with E-state index in [0.717, 1.165) is 15.4 Å². The number of ether oxygens (including phenoxy) is 2. The van der Waals surface area contributed by atoms with Gasteiger partial charge in [0, 0.05) is 15.4 Å². The Hall–Kier alpha value is -3.05. The monoisotopic (exact) mass is 436 g/mol. The van der Waals surface area contributed by atoms with Gasteiger partial charge in [0.2, 0.25) is 0 Å². The molecule has 0 saturated carbocycles. The first-order valence-corrected chi connectivity index (χ1v) is 9.50. The van der Waals surface area contributed by atoms with Crippen molar-refractivity contribution in [3.8, 4) is 11.5 Å². The van der Waals surface area contributed by atoms with Crippen molar-refractivity contribution in [1.29, 1.82) is 0 Å². The Morgan fingerprint density at radius 2 is 1.68 bits per heavy atom. The molecule has 0 unspecified atom stereocenters. The lowest BCUT2D eigenvalue weighted by molar-refractivity contribution is 0.103. The van der Waals surface area contributed by atoms with Crippen LogP contribution >= 0.6 is 15.9 Å². The van der Waals surface area contributed by atoms with E-state index in [1.165, 1.54) is 6.26 Å². The minimum atomic E-state index is -0.105. The molecule has 3 aromatic carbocycles. The summed E-state index contributed by atoms with van der Waals surface area (Å²) >= 11 is 3.42. The minimum absolute atomic E-state index is 0.105. The number of carbonyl (C=O) groups excluding carboxylic acids is 1. The Morgan fingerprint density at radius 1 is 0.964 bits per heavy atom. The number of carbonyl (C=O) groups is 1. The van der Waals surface area contributed by atoms with Gasteiger partial charge in [0.15, 0.2) is 5.78 Å². The van der Waals surface area contributed by atoms with Crippen molar-refractivity contribution >= 4 is 32.7 Å². The van der Waals surface area contributed by atoms with Gasteiger partial charge in [0.25, 0.3) is 0 Å². The van der Waals surface area contributed by atoms with Crippen molar-refractivity contribution < 1.29 is 18.7 Å². The molecule has 0 aliphatic carbocycles. The van der Waals surface area contributed by atoms with Crippen LogP contribution in [0.25, 0.3) is 11.0 Å². The third-order valence-electron chi connectivity index (χ3n) is 4.46. The largest absolute Gasteiger partial charge is 0.497 e. The number of fused-ring (bicyclic) bond motifs is 1. The van der Waals surface area contributed by atoms with Crippen LogP contribution in [0.1, 0.15) is 21.5 Å². The normalized spacial score (nSPS) is 10.8. The summed E-state index contributed by atoms with van der Waals surface area (Å²) in [7, 11) is 1.59. The van der Waals surface area contributed by atoms with Crippen LogP contribution in [0.5, 0.6) is 11.5 Å². The highest BCUT2D eigenvalue weighted by Crippen LogP contribution is 2.28. The van der Waals surface area contributed by atoms with E-state index in [1.807, 2.05) is 42.5 Å². The SMILES string of the molecule is COc1ccc(C(=O)c2coc3ccc(OCc4ccc(Br)cc4)cc23)cc1. The van der Waals surface area contributed by atoms with Crippen LogP contribution in [-0.2, 0) is 6.61 Å². The standard InChI is InChI=1S/C23H17BrO4/c1-26-18-8-4-16(5-9-18)23(25)21-14-28-22-11-10-19(12-20(21)22)27-13-15-2-6-17(24)7-3-15/h2-12,14H,13H2,1H3. The van der Waals surface area contributed by atoms with Crippen molar-refractivity contribution in [2.75, 3.05) is 7.11 Å². The smallest absolute Gasteiger partial charge is 0.196 e. The van der Waals surface area contributed by atoms with E-state index in [0.29, 0.717) is 34.8 Å². The molecule has 4 aromatic rings. The van der Waals surface area contributed by atoms with Crippen molar-refractivity contribution in [1.82, 2.24) is 0 Å². The molecule has 1 heterocycles. The molecular weight excluding hydrogens is 420 g/mol. The first kappa shape index (κ1) is 18.3. The zero-order chi connectivity index (χ0) is 19.5. The second kappa shape index (κ2) is 7.90. The summed E-state index contributed by atoms with van der Waals surface area (Å²) in [4.78, 5) is 12.9. The first-order valence-electron chi connectivity index (χ1n) is 8.71. The quantitative estimate of drug-likeness (QED) is 0.347. The molecule has 28 heavy (non-hydrogen) atoms. The highest BCUT2D eigenvalue weighted by Gasteiger charge is 2.16. The highest BCUT2D eigenvalue weighted by atomic mass is 79.9. The second-order valence-electron chi connectivity index (χ2n) is 6.28. The molecule has 0 spiro atoms. The number of furan rings is 1. The fourth-order valence-corrected chi connectivity index (χ4v) is 3.18. The molecule has 1 aromatic heterocycles. The van der Waals surface area contributed by atoms with Gasteiger partial charge < -0.3 is 13.9 Å². The number of ketones is 1. The summed E-state index contributed by atoms with van der Waals surface area (Å²) < 4.78 is 17.6. The molecule has 0 bridgehead atoms. The van der Waals surface area contributed by atoms with Crippen molar-refractivity contribution in [2.45, 2.75) is 6.61 Å². The van der Waals surface area contributed by atoms with Crippen LogP contribution in [0.15, 0.2) is 81.9 Å². The van der Waals surface area contributed by atoms with Gasteiger partial charge in [-0.15, -0.1) is 0 Å². The zero-order valence-corrected chi connectivity index (χ0v) is 16.7. The lowest BCUT2D eigenvalue weighted by Gasteiger charge is -2.07. The van der Waals surface area contributed by atoms with E-state index in [9.17, 15) is 4.79 Å². The average molecular weight is 437 g/mol. The third kappa shape index (κ3) is 3.80. The Bertz CT molecular complexity index is 1110. The molecule has 140 valence electrons. The number of halogens is 1. The van der Waals surface area contributed by atoms with Gasteiger partial charge in [0.1, 0.15) is 30.0 Å². The van der Waals surface area contributed by atoms with Crippen LogP contribution < -0.4 is 9.47 Å². The van der Waals surface area contributed by atoms with Gasteiger partial charge in [-0.2, -0.15) is 0 Å². The maximum atomic E-state index is 12.9. The summed E-state index contributed by atoms with van der Waals surface area (Å²) in [5, 5.41) is 0.731. The number of hydrogen-bond acceptors (Lipinski definition) is 4. The van der Waals surface area contributed by atoms with Crippen LogP contribution in [0.2, 0.25) is 0 Å². The Kier molecular flexibility index (Phi) is 5.17. The van der Waals surface area contributed by atoms with Gasteiger partial charge in [-0.1, -0.05) is 28.1 Å². The molecule has 0 aliphatic rings. The number of methoxy groups -OCH3 is 1.